The van der Waals surface area contributed by atoms with Crippen molar-refractivity contribution >= 4 is 0 Å². The smallest absolute Gasteiger partial charge is 0.0674 e. The number of hydrogen-bond donors (Lipinski definition) is 1. The van der Waals surface area contributed by atoms with Gasteiger partial charge in [0, 0.05) is 6.20 Å². The Bertz CT molecular complexity index is 514. The summed E-state index contributed by atoms with van der Waals surface area (Å²) in [4.78, 5) is 0. The van der Waals surface area contributed by atoms with E-state index in [1.54, 1.807) is 0 Å². The molecule has 2 aromatic rings. The van der Waals surface area contributed by atoms with Crippen molar-refractivity contribution in [2.75, 3.05) is 6.54 Å². The average Bonchev–Trinajstić information content (AvgIpc) is 2.71. The third kappa shape index (κ3) is 2.24. The van der Waals surface area contributed by atoms with E-state index in [1.165, 1.54) is 11.1 Å². The molecule has 0 radical (unpaired) electrons. The highest BCUT2D eigenvalue weighted by Crippen LogP contribution is 2.20. The minimum absolute atomic E-state index is 0.354. The normalized spacial score (nSPS) is 12.7. The lowest BCUT2D eigenvalue weighted by Gasteiger charge is -2.06. The van der Waals surface area contributed by atoms with Crippen LogP contribution in [0, 0.1) is 13.8 Å². The molecule has 1 aromatic heterocycles. The molecule has 3 heteroatoms. The number of aromatic nitrogens is 2. The number of benzene rings is 1. The number of para-hydroxylation sites is 1. The molecule has 3 nitrogen and oxygen atoms in total. The Hall–Kier alpha value is -1.61. The molecule has 2 N–H and O–H groups in total. The lowest BCUT2D eigenvalue weighted by Crippen LogP contribution is -2.09. The molecule has 0 saturated heterocycles. The molecule has 2 rings (SSSR count). The standard InChI is InChI=1S/C14H19N3/c1-10-6-4-5-7-14(10)17-9-13(11(2)8-15)12(3)16-17/h4-7,9,11H,8,15H2,1-3H3. The SMILES string of the molecule is Cc1ccccc1-n1cc(C(C)CN)c(C)n1. The zero-order valence-electron chi connectivity index (χ0n) is 10.6. The predicted octanol–water partition coefficient (Wildman–Crippen LogP) is 2.55. The lowest BCUT2D eigenvalue weighted by atomic mass is 10.0. The summed E-state index contributed by atoms with van der Waals surface area (Å²) in [7, 11) is 0. The van der Waals surface area contributed by atoms with Gasteiger partial charge in [0.15, 0.2) is 0 Å². The fourth-order valence-electron chi connectivity index (χ4n) is 2.03. The summed E-state index contributed by atoms with van der Waals surface area (Å²) in [5.41, 5.74) is 10.4. The molecule has 0 fully saturated rings. The highest BCUT2D eigenvalue weighted by molar-refractivity contribution is 5.40. The number of aryl methyl sites for hydroxylation is 2. The summed E-state index contributed by atoms with van der Waals surface area (Å²) < 4.78 is 1.95. The quantitative estimate of drug-likeness (QED) is 0.879. The predicted molar refractivity (Wildman–Crippen MR) is 70.5 cm³/mol. The highest BCUT2D eigenvalue weighted by atomic mass is 15.3. The number of nitrogens with two attached hydrogens (primary N) is 1. The van der Waals surface area contributed by atoms with Crippen molar-refractivity contribution < 1.29 is 0 Å². The van der Waals surface area contributed by atoms with Crippen LogP contribution < -0.4 is 5.73 Å². The van der Waals surface area contributed by atoms with Crippen LogP contribution in [0.15, 0.2) is 30.5 Å². The fourth-order valence-corrected chi connectivity index (χ4v) is 2.03. The molecule has 0 spiro atoms. The molecule has 1 unspecified atom stereocenters. The first kappa shape index (κ1) is 11.9. The van der Waals surface area contributed by atoms with Gasteiger partial charge in [0.1, 0.15) is 0 Å². The van der Waals surface area contributed by atoms with E-state index in [9.17, 15) is 0 Å². The van der Waals surface area contributed by atoms with Crippen LogP contribution in [0.4, 0.5) is 0 Å². The van der Waals surface area contributed by atoms with Crippen molar-refractivity contribution in [1.29, 1.82) is 0 Å². The van der Waals surface area contributed by atoms with Gasteiger partial charge in [-0.2, -0.15) is 5.10 Å². The van der Waals surface area contributed by atoms with Crippen LogP contribution in [-0.2, 0) is 0 Å². The second-order valence-electron chi connectivity index (χ2n) is 4.54. The van der Waals surface area contributed by atoms with E-state index < -0.39 is 0 Å². The topological polar surface area (TPSA) is 43.8 Å². The summed E-state index contributed by atoms with van der Waals surface area (Å²) in [5, 5.41) is 4.57. The molecule has 17 heavy (non-hydrogen) atoms. The van der Waals surface area contributed by atoms with Crippen molar-refractivity contribution in [2.45, 2.75) is 26.7 Å². The summed E-state index contributed by atoms with van der Waals surface area (Å²) in [6.07, 6.45) is 2.09. The first-order valence-electron chi connectivity index (χ1n) is 5.95. The molecule has 0 aliphatic carbocycles. The van der Waals surface area contributed by atoms with Crippen molar-refractivity contribution in [3.63, 3.8) is 0 Å². The maximum atomic E-state index is 5.71. The third-order valence-corrected chi connectivity index (χ3v) is 3.18. The third-order valence-electron chi connectivity index (χ3n) is 3.18. The molecule has 90 valence electrons. The van der Waals surface area contributed by atoms with Crippen molar-refractivity contribution in [1.82, 2.24) is 9.78 Å². The fraction of sp³-hybridized carbons (Fsp3) is 0.357. The van der Waals surface area contributed by atoms with Gasteiger partial charge in [-0.15, -0.1) is 0 Å². The van der Waals surface area contributed by atoms with E-state index in [-0.39, 0.29) is 0 Å². The van der Waals surface area contributed by atoms with Gasteiger partial charge in [0.2, 0.25) is 0 Å². The van der Waals surface area contributed by atoms with Gasteiger partial charge in [-0.25, -0.2) is 4.68 Å². The molecule has 0 aliphatic rings. The van der Waals surface area contributed by atoms with Gasteiger partial charge in [0.25, 0.3) is 0 Å². The van der Waals surface area contributed by atoms with E-state index in [2.05, 4.69) is 37.3 Å². The van der Waals surface area contributed by atoms with E-state index in [1.807, 2.05) is 23.7 Å². The highest BCUT2D eigenvalue weighted by Gasteiger charge is 2.12. The van der Waals surface area contributed by atoms with Gasteiger partial charge >= 0.3 is 0 Å². The first-order chi connectivity index (χ1) is 8.13. The maximum Gasteiger partial charge on any atom is 0.0674 e. The van der Waals surface area contributed by atoms with Gasteiger partial charge in [-0.3, -0.25) is 0 Å². The number of rotatable bonds is 3. The minimum Gasteiger partial charge on any atom is -0.330 e. The van der Waals surface area contributed by atoms with Gasteiger partial charge in [-0.1, -0.05) is 25.1 Å². The second-order valence-corrected chi connectivity index (χ2v) is 4.54. The summed E-state index contributed by atoms with van der Waals surface area (Å²) in [6, 6.07) is 8.25. The Balaban J connectivity index is 2.45. The Morgan fingerprint density at radius 3 is 2.65 bits per heavy atom. The number of hydrogen-bond acceptors (Lipinski definition) is 2. The molecular weight excluding hydrogens is 210 g/mol. The lowest BCUT2D eigenvalue weighted by molar-refractivity contribution is 0.768. The van der Waals surface area contributed by atoms with Crippen molar-refractivity contribution in [2.24, 2.45) is 5.73 Å². The second kappa shape index (κ2) is 4.72. The van der Waals surface area contributed by atoms with Crippen LogP contribution >= 0.6 is 0 Å². The van der Waals surface area contributed by atoms with Crippen molar-refractivity contribution in [3.8, 4) is 5.69 Å². The molecule has 0 aliphatic heterocycles. The van der Waals surface area contributed by atoms with Gasteiger partial charge < -0.3 is 5.73 Å². The molecular formula is C14H19N3. The van der Waals surface area contributed by atoms with E-state index in [0.717, 1.165) is 11.4 Å². The summed E-state index contributed by atoms with van der Waals surface area (Å²) in [6.45, 7) is 6.92. The first-order valence-corrected chi connectivity index (χ1v) is 5.95. The average molecular weight is 229 g/mol. The number of nitrogens with zero attached hydrogens (tertiary/aromatic N) is 2. The largest absolute Gasteiger partial charge is 0.330 e. The van der Waals surface area contributed by atoms with Crippen molar-refractivity contribution in [3.05, 3.63) is 47.3 Å². The minimum atomic E-state index is 0.354. The molecule has 0 bridgehead atoms. The van der Waals surface area contributed by atoms with Crippen LogP contribution in [0.3, 0.4) is 0 Å². The molecule has 1 aromatic carbocycles. The molecule has 1 heterocycles. The summed E-state index contributed by atoms with van der Waals surface area (Å²) in [5.74, 6) is 0.354. The van der Waals surface area contributed by atoms with Crippen LogP contribution in [-0.4, -0.2) is 16.3 Å². The van der Waals surface area contributed by atoms with E-state index >= 15 is 0 Å². The summed E-state index contributed by atoms with van der Waals surface area (Å²) >= 11 is 0. The van der Waals surface area contributed by atoms with Crippen LogP contribution in [0.1, 0.15) is 29.7 Å². The van der Waals surface area contributed by atoms with Crippen LogP contribution in [0.25, 0.3) is 5.69 Å². The monoisotopic (exact) mass is 229 g/mol. The van der Waals surface area contributed by atoms with Gasteiger partial charge in [0.05, 0.1) is 11.4 Å². The maximum absolute atomic E-state index is 5.71. The van der Waals surface area contributed by atoms with E-state index in [0.29, 0.717) is 12.5 Å². The van der Waals surface area contributed by atoms with Crippen LogP contribution in [0.5, 0.6) is 0 Å². The zero-order chi connectivity index (χ0) is 12.4. The van der Waals surface area contributed by atoms with Gasteiger partial charge in [-0.05, 0) is 43.5 Å². The Kier molecular flexibility index (Phi) is 3.29. The Morgan fingerprint density at radius 2 is 2.00 bits per heavy atom. The molecule has 0 amide bonds. The van der Waals surface area contributed by atoms with E-state index in [4.69, 9.17) is 5.73 Å². The Labute approximate surface area is 102 Å². The van der Waals surface area contributed by atoms with Crippen LogP contribution in [0.2, 0.25) is 0 Å². The molecule has 1 atom stereocenters. The molecule has 0 saturated carbocycles. The zero-order valence-corrected chi connectivity index (χ0v) is 10.6. The Morgan fingerprint density at radius 1 is 1.29 bits per heavy atom.